The minimum absolute atomic E-state index is 0. The summed E-state index contributed by atoms with van der Waals surface area (Å²) in [7, 11) is -0.373. The molecular weight excluding hydrogens is 428 g/mol. The number of hydrogen-bond donors (Lipinski definition) is 1. The number of rotatable bonds is 4. The average molecular weight is 444 g/mol. The van der Waals surface area contributed by atoms with Crippen molar-refractivity contribution in [1.29, 1.82) is 0 Å². The predicted octanol–water partition coefficient (Wildman–Crippen LogP) is -2.95. The first-order valence-corrected chi connectivity index (χ1v) is 7.82. The summed E-state index contributed by atoms with van der Waals surface area (Å²) in [4.78, 5) is 0. The summed E-state index contributed by atoms with van der Waals surface area (Å²) >= 11 is 0. The molecule has 1 heterocycles. The molecule has 0 bridgehead atoms. The molecule has 0 spiro atoms. The summed E-state index contributed by atoms with van der Waals surface area (Å²) in [6, 6.07) is 23.5. The second kappa shape index (κ2) is 11.0. The molecule has 0 atom stereocenters. The van der Waals surface area contributed by atoms with Crippen molar-refractivity contribution in [3.63, 3.8) is 0 Å². The number of aromatic nitrogens is 2. The third kappa shape index (κ3) is 5.51. The van der Waals surface area contributed by atoms with Crippen LogP contribution >= 0.6 is 7.92 Å². The van der Waals surface area contributed by atoms with Gasteiger partial charge in [-0.3, -0.25) is 5.10 Å². The Morgan fingerprint density at radius 3 is 1.68 bits per heavy atom. The van der Waals surface area contributed by atoms with Crippen molar-refractivity contribution >= 4 is 18.5 Å². The summed E-state index contributed by atoms with van der Waals surface area (Å²) in [6.45, 7) is 0. The number of nitrogens with zero attached hydrogens (tertiary/aromatic N) is 1. The van der Waals surface area contributed by atoms with Gasteiger partial charge in [0.15, 0.2) is 0 Å². The first kappa shape index (κ1) is 21.3. The second-order valence-corrected chi connectivity index (χ2v) is 6.54. The average Bonchev–Trinajstić information content (AvgIpc) is 3.00. The molecular formula is C16H15Cl2N2PPd. The minimum Gasteiger partial charge on any atom is -1.00 e. The van der Waals surface area contributed by atoms with E-state index in [9.17, 15) is 0 Å². The van der Waals surface area contributed by atoms with E-state index in [1.54, 1.807) is 0 Å². The largest absolute Gasteiger partial charge is 2.00 e. The second-order valence-electron chi connectivity index (χ2n) is 4.34. The van der Waals surface area contributed by atoms with Crippen LogP contribution in [0.5, 0.6) is 0 Å². The number of aromatic amines is 1. The van der Waals surface area contributed by atoms with E-state index < -0.39 is 0 Å². The fraction of sp³-hybridized carbons (Fsp3) is 0.0625. The zero-order chi connectivity index (χ0) is 12.9. The molecule has 6 heteroatoms. The first-order valence-electron chi connectivity index (χ1n) is 6.29. The maximum atomic E-state index is 4.05. The normalized spacial score (nSPS) is 9.32. The van der Waals surface area contributed by atoms with Gasteiger partial charge in [-0.25, -0.2) is 0 Å². The molecule has 0 aliphatic rings. The van der Waals surface area contributed by atoms with Crippen LogP contribution in [0.1, 0.15) is 5.69 Å². The molecule has 0 saturated heterocycles. The molecule has 0 fully saturated rings. The fourth-order valence-electron chi connectivity index (χ4n) is 2.09. The standard InChI is InChI=1S/C16H15N2P.2ClH.Pd/c1-3-7-15(8-4-1)19(13-14-11-12-17-18-14)16-9-5-2-6-10-16;;;/h1-12H,13H2,(H,17,18);2*1H;/q;;;+2/p-2. The number of hydrogen-bond acceptors (Lipinski definition) is 1. The zero-order valence-electron chi connectivity index (χ0n) is 11.6. The Morgan fingerprint density at radius 2 is 1.27 bits per heavy atom. The van der Waals surface area contributed by atoms with E-state index in [1.165, 1.54) is 16.3 Å². The van der Waals surface area contributed by atoms with E-state index in [-0.39, 0.29) is 53.2 Å². The van der Waals surface area contributed by atoms with Gasteiger partial charge in [0.25, 0.3) is 0 Å². The van der Waals surface area contributed by atoms with Gasteiger partial charge in [0.2, 0.25) is 0 Å². The Morgan fingerprint density at radius 1 is 0.773 bits per heavy atom. The van der Waals surface area contributed by atoms with Crippen molar-refractivity contribution in [1.82, 2.24) is 10.2 Å². The van der Waals surface area contributed by atoms with Gasteiger partial charge in [0, 0.05) is 18.1 Å². The van der Waals surface area contributed by atoms with Crippen LogP contribution in [-0.4, -0.2) is 10.2 Å². The van der Waals surface area contributed by atoms with Gasteiger partial charge in [-0.2, -0.15) is 5.10 Å². The minimum atomic E-state index is -0.373. The summed E-state index contributed by atoms with van der Waals surface area (Å²) in [6.07, 6.45) is 2.82. The summed E-state index contributed by atoms with van der Waals surface area (Å²) in [5.41, 5.74) is 1.19. The van der Waals surface area contributed by atoms with Gasteiger partial charge >= 0.3 is 20.4 Å². The Bertz CT molecular complexity index is 582. The molecule has 2 nitrogen and oxygen atoms in total. The number of halogens is 2. The number of benzene rings is 2. The van der Waals surface area contributed by atoms with Crippen LogP contribution in [0.3, 0.4) is 0 Å². The first-order chi connectivity index (χ1) is 9.43. The molecule has 0 saturated carbocycles. The quantitative estimate of drug-likeness (QED) is 0.339. The summed E-state index contributed by atoms with van der Waals surface area (Å²) in [5, 5.41) is 9.92. The molecule has 1 aromatic heterocycles. The van der Waals surface area contributed by atoms with Crippen LogP contribution in [0.2, 0.25) is 0 Å². The van der Waals surface area contributed by atoms with E-state index in [1.807, 2.05) is 6.20 Å². The van der Waals surface area contributed by atoms with E-state index in [0.717, 1.165) is 6.16 Å². The van der Waals surface area contributed by atoms with E-state index in [4.69, 9.17) is 0 Å². The third-order valence-electron chi connectivity index (χ3n) is 3.02. The van der Waals surface area contributed by atoms with E-state index >= 15 is 0 Å². The van der Waals surface area contributed by atoms with Crippen molar-refractivity contribution in [3.05, 3.63) is 78.6 Å². The SMILES string of the molecule is [Cl-].[Cl-].[Pd+2].c1ccc(P(Cc2ccn[nH]2)c2ccccc2)cc1. The molecule has 118 valence electrons. The summed E-state index contributed by atoms with van der Waals surface area (Å²) < 4.78 is 0. The zero-order valence-corrected chi connectivity index (χ0v) is 15.6. The number of H-pyrrole nitrogens is 1. The van der Waals surface area contributed by atoms with Crippen molar-refractivity contribution in [3.8, 4) is 0 Å². The van der Waals surface area contributed by atoms with E-state index in [0.29, 0.717) is 0 Å². The van der Waals surface area contributed by atoms with E-state index in [2.05, 4.69) is 76.9 Å². The van der Waals surface area contributed by atoms with Crippen molar-refractivity contribution in [2.75, 3.05) is 0 Å². The molecule has 0 aliphatic heterocycles. The van der Waals surface area contributed by atoms with Crippen LogP contribution in [0.4, 0.5) is 0 Å². The Labute approximate surface area is 158 Å². The molecule has 1 N–H and O–H groups in total. The van der Waals surface area contributed by atoms with Crippen molar-refractivity contribution < 1.29 is 45.2 Å². The molecule has 2 aromatic carbocycles. The van der Waals surface area contributed by atoms with Crippen molar-refractivity contribution in [2.24, 2.45) is 0 Å². The molecule has 0 radical (unpaired) electrons. The van der Waals surface area contributed by atoms with Gasteiger partial charge < -0.3 is 24.8 Å². The molecule has 3 rings (SSSR count). The molecule has 3 aromatic rings. The van der Waals surface area contributed by atoms with Crippen LogP contribution in [0.25, 0.3) is 0 Å². The van der Waals surface area contributed by atoms with Crippen molar-refractivity contribution in [2.45, 2.75) is 6.16 Å². The Kier molecular flexibility index (Phi) is 10.6. The molecule has 22 heavy (non-hydrogen) atoms. The monoisotopic (exact) mass is 442 g/mol. The van der Waals surface area contributed by atoms with Gasteiger partial charge in [-0.1, -0.05) is 60.7 Å². The van der Waals surface area contributed by atoms with Gasteiger partial charge in [-0.15, -0.1) is 0 Å². The predicted molar refractivity (Wildman–Crippen MR) is 81.4 cm³/mol. The van der Waals surface area contributed by atoms with Crippen LogP contribution < -0.4 is 35.4 Å². The third-order valence-corrected chi connectivity index (χ3v) is 5.52. The molecule has 0 unspecified atom stereocenters. The molecule has 0 amide bonds. The summed E-state index contributed by atoms with van der Waals surface area (Å²) in [5.74, 6) is 0. The van der Waals surface area contributed by atoms with Crippen LogP contribution in [0, 0.1) is 0 Å². The molecule has 0 aliphatic carbocycles. The van der Waals surface area contributed by atoms with Crippen LogP contribution in [-0.2, 0) is 26.6 Å². The fourth-order valence-corrected chi connectivity index (χ4v) is 4.33. The maximum Gasteiger partial charge on any atom is 2.00 e. The van der Waals surface area contributed by atoms with Crippen LogP contribution in [0.15, 0.2) is 72.9 Å². The maximum absolute atomic E-state index is 4.05. The van der Waals surface area contributed by atoms with Gasteiger partial charge in [-0.05, 0) is 24.6 Å². The van der Waals surface area contributed by atoms with Gasteiger partial charge in [0.05, 0.1) is 0 Å². The number of nitrogens with one attached hydrogen (secondary N) is 1. The van der Waals surface area contributed by atoms with Gasteiger partial charge in [0.1, 0.15) is 0 Å². The smallest absolute Gasteiger partial charge is 1.00 e. The Balaban J connectivity index is 0.00000147. The topological polar surface area (TPSA) is 28.7 Å². The Hall–Kier alpha value is -0.678.